The molecule has 9 nitrogen and oxygen atoms in total. The number of allylic oxidation sites excluding steroid dienone is 4. The van der Waals surface area contributed by atoms with E-state index in [9.17, 15) is 13.2 Å². The SMILES string of the molecule is C1=CCCC1.C1=CCCC1.C1N2CN3CN1C[PH+](C2)C3.O=S(=O)([O-])C(F)(F)F.[CH-]=O.[CH-]=O.[CH2+]N(C)C1CCCCC1.[CH3-].[CH3-].[Fe+3].[Fe]. The van der Waals surface area contributed by atoms with Crippen molar-refractivity contribution in [3.05, 3.63) is 46.2 Å². The van der Waals surface area contributed by atoms with Crippen molar-refractivity contribution >= 4 is 31.6 Å². The third-order valence-electron chi connectivity index (χ3n) is 6.84. The van der Waals surface area contributed by atoms with Gasteiger partial charge < -0.3 is 29.0 Å². The molecule has 4 saturated heterocycles. The van der Waals surface area contributed by atoms with Gasteiger partial charge in [0.2, 0.25) is 0 Å². The second kappa shape index (κ2) is 31.0. The topological polar surface area (TPSA) is 104 Å². The molecule has 0 amide bonds. The van der Waals surface area contributed by atoms with Gasteiger partial charge in [-0.3, -0.25) is 13.6 Å². The summed E-state index contributed by atoms with van der Waals surface area (Å²) in [6.07, 6.45) is 28.3. The molecule has 4 heterocycles. The number of carbonyl (C=O) groups excluding carboxylic acids is 2. The largest absolute Gasteiger partial charge is 3.00 e. The summed E-state index contributed by atoms with van der Waals surface area (Å²) in [6.45, 7) is 10.3. The molecule has 0 aromatic rings. The summed E-state index contributed by atoms with van der Waals surface area (Å²) in [5.74, 6) is 0. The second-order valence-corrected chi connectivity index (χ2v) is 14.2. The van der Waals surface area contributed by atoms with Gasteiger partial charge in [-0.05, 0) is 51.4 Å². The van der Waals surface area contributed by atoms with Crippen molar-refractivity contribution in [3.8, 4) is 0 Å². The Bertz CT molecular complexity index is 768. The molecule has 0 N–H and O–H groups in total. The van der Waals surface area contributed by atoms with Crippen LogP contribution in [0.3, 0.4) is 0 Å². The molecule has 0 unspecified atom stereocenters. The molecular weight excluding hydrogens is 716 g/mol. The van der Waals surface area contributed by atoms with Crippen LogP contribution in [-0.4, -0.2) is 104 Å². The van der Waals surface area contributed by atoms with Crippen LogP contribution in [0.1, 0.15) is 70.6 Å². The van der Waals surface area contributed by atoms with Crippen molar-refractivity contribution in [2.24, 2.45) is 0 Å². The molecule has 4 bridgehead atoms. The van der Waals surface area contributed by atoms with Crippen LogP contribution in [0.25, 0.3) is 0 Å². The van der Waals surface area contributed by atoms with Gasteiger partial charge in [0, 0.05) is 32.0 Å². The molecule has 16 heteroatoms. The minimum Gasteiger partial charge on any atom is -0.741 e. The van der Waals surface area contributed by atoms with Gasteiger partial charge in [0.1, 0.15) is 25.9 Å². The fourth-order valence-corrected chi connectivity index (χ4v) is 7.88. The standard InChI is InChI=1S/C8H16N.C6H12N3P.2C5H8.CHF3O3S.2CHO.2CH3.2Fe/c1-9(2)8-6-4-3-5-7-8;1-7-2-9-3-8(1)5-10(4-7)6-9;2*1-2-4-5-3-1;2-1(3,4)8(5,6)7;2*1-2;;;;/h8H,1,3-7H2,2H3;1-6H2;2*1-2H,3-5H2;(H,5,6,7);2*1H;2*1H3;;/q+1;;;;;4*-1;;+3. The van der Waals surface area contributed by atoms with Crippen molar-refractivity contribution in [2.75, 3.05) is 45.9 Å². The van der Waals surface area contributed by atoms with Gasteiger partial charge in [-0.25, -0.2) is 23.1 Å². The van der Waals surface area contributed by atoms with Crippen LogP contribution < -0.4 is 0 Å². The van der Waals surface area contributed by atoms with E-state index < -0.39 is 15.6 Å². The third kappa shape index (κ3) is 25.4. The van der Waals surface area contributed by atoms with Crippen LogP contribution in [0, 0.1) is 21.9 Å². The molecule has 0 aromatic carbocycles. The van der Waals surface area contributed by atoms with E-state index in [1.54, 1.807) is 0 Å². The van der Waals surface area contributed by atoms with Crippen LogP contribution in [0.2, 0.25) is 0 Å². The smallest absolute Gasteiger partial charge is 0.741 e. The van der Waals surface area contributed by atoms with Gasteiger partial charge >= 0.3 is 22.6 Å². The van der Waals surface area contributed by atoms with Gasteiger partial charge in [0.15, 0.2) is 10.1 Å². The first-order valence-corrected chi connectivity index (χ1v) is 17.3. The predicted octanol–water partition coefficient (Wildman–Crippen LogP) is 5.79. The van der Waals surface area contributed by atoms with Gasteiger partial charge in [0.25, 0.3) is 0 Å². The maximum absolute atomic E-state index is 10.7. The van der Waals surface area contributed by atoms with Crippen molar-refractivity contribution < 1.29 is 69.9 Å². The summed E-state index contributed by atoms with van der Waals surface area (Å²) in [5.41, 5.74) is -5.65. The number of alkyl halides is 3. The molecule has 45 heavy (non-hydrogen) atoms. The summed E-state index contributed by atoms with van der Waals surface area (Å²) in [4.78, 5) is 25.4. The molecule has 7 rings (SSSR count). The average Bonchev–Trinajstić information content (AvgIpc) is 3.71. The second-order valence-electron chi connectivity index (χ2n) is 10.4. The zero-order valence-electron chi connectivity index (χ0n) is 26.8. The fourth-order valence-electron chi connectivity index (χ4n) is 5.08. The summed E-state index contributed by atoms with van der Waals surface area (Å²) in [5, 5.41) is 0. The maximum atomic E-state index is 10.7. The van der Waals surface area contributed by atoms with E-state index in [-0.39, 0.29) is 56.9 Å². The Morgan fingerprint density at radius 3 is 1.22 bits per heavy atom. The van der Waals surface area contributed by atoms with E-state index in [1.807, 2.05) is 0 Å². The molecule has 4 aliphatic heterocycles. The monoisotopic (exact) mass is 769 g/mol. The Hall–Kier alpha value is -0.301. The molecule has 5 fully saturated rings. The van der Waals surface area contributed by atoms with Crippen LogP contribution >= 0.6 is 7.92 Å². The van der Waals surface area contributed by atoms with Crippen molar-refractivity contribution in [1.29, 1.82) is 0 Å². The normalized spacial score (nSPS) is 24.7. The fraction of sp³-hybridized carbons (Fsp3) is 0.690. The first-order chi connectivity index (χ1) is 19.5. The first-order valence-electron chi connectivity index (χ1n) is 13.8. The van der Waals surface area contributed by atoms with Gasteiger partial charge in [-0.1, -0.05) is 43.6 Å². The van der Waals surface area contributed by atoms with E-state index in [0.717, 1.165) is 6.04 Å². The van der Waals surface area contributed by atoms with Gasteiger partial charge in [-0.2, -0.15) is 13.2 Å². The maximum Gasteiger partial charge on any atom is 3.00 e. The predicted molar refractivity (Wildman–Crippen MR) is 171 cm³/mol. The summed E-state index contributed by atoms with van der Waals surface area (Å²) < 4.78 is 58.9. The Labute approximate surface area is 294 Å². The van der Waals surface area contributed by atoms with E-state index in [0.29, 0.717) is 0 Å². The Balaban J connectivity index is -0.000000144. The summed E-state index contributed by atoms with van der Waals surface area (Å²) in [7, 11) is -0.0858. The summed E-state index contributed by atoms with van der Waals surface area (Å²) >= 11 is 0. The average molecular weight is 769 g/mol. The van der Waals surface area contributed by atoms with Crippen LogP contribution in [0.4, 0.5) is 13.2 Å². The van der Waals surface area contributed by atoms with E-state index in [1.165, 1.54) is 109 Å². The van der Waals surface area contributed by atoms with Gasteiger partial charge in [0.05, 0.1) is 26.0 Å². The molecule has 3 aliphatic carbocycles. The number of nitrogens with zero attached hydrogens (tertiary/aromatic N) is 4. The number of hydrogen-bond donors (Lipinski definition) is 0. The quantitative estimate of drug-likeness (QED) is 0.0625. The minimum absolute atomic E-state index is 0. The molecule has 7 aliphatic rings. The van der Waals surface area contributed by atoms with Crippen LogP contribution in [0.15, 0.2) is 24.3 Å². The van der Waals surface area contributed by atoms with E-state index >= 15 is 0 Å². The molecular formula is C29H53F3Fe2N4O5PS. The van der Waals surface area contributed by atoms with Crippen molar-refractivity contribution in [3.63, 3.8) is 0 Å². The summed E-state index contributed by atoms with van der Waals surface area (Å²) in [6, 6.07) is 0.777. The van der Waals surface area contributed by atoms with Crippen molar-refractivity contribution in [1.82, 2.24) is 19.6 Å². The zero-order chi connectivity index (χ0) is 31.3. The van der Waals surface area contributed by atoms with Crippen LogP contribution in [0.5, 0.6) is 0 Å². The minimum atomic E-state index is -6.09. The molecule has 0 spiro atoms. The Kier molecular flexibility index (Phi) is 37.3. The molecule has 1 saturated carbocycles. The molecule has 1 radical (unpaired) electrons. The number of rotatable bonds is 1. The third-order valence-corrected chi connectivity index (χ3v) is 10.1. The number of hydrogen-bond acceptors (Lipinski definition) is 9. The Morgan fingerprint density at radius 1 is 0.778 bits per heavy atom. The van der Waals surface area contributed by atoms with Crippen molar-refractivity contribution in [2.45, 2.75) is 82.2 Å². The van der Waals surface area contributed by atoms with E-state index in [2.05, 4.69) is 71.6 Å². The molecule has 267 valence electrons. The Morgan fingerprint density at radius 2 is 1.07 bits per heavy atom. The first kappa shape index (κ1) is 54.2. The van der Waals surface area contributed by atoms with Crippen LogP contribution in [-0.2, 0) is 53.8 Å². The molecule has 0 atom stereocenters. The van der Waals surface area contributed by atoms with Gasteiger partial charge in [-0.15, -0.1) is 4.90 Å². The zero-order valence-corrected chi connectivity index (χ0v) is 30.9. The number of halogens is 3. The van der Waals surface area contributed by atoms with E-state index in [4.69, 9.17) is 22.6 Å². The molecule has 0 aromatic heterocycles.